The molecule has 0 saturated carbocycles. The molecule has 1 atom stereocenters. The van der Waals surface area contributed by atoms with Gasteiger partial charge in [-0.25, -0.2) is 9.67 Å². The van der Waals surface area contributed by atoms with Crippen molar-refractivity contribution in [2.45, 2.75) is 37.2 Å². The largest absolute Gasteiger partial charge is 0.271 e. The summed E-state index contributed by atoms with van der Waals surface area (Å²) in [6.07, 6.45) is 2.38. The Kier molecular flexibility index (Phi) is 5.58. The molecule has 0 aliphatic rings. The van der Waals surface area contributed by atoms with Crippen molar-refractivity contribution < 1.29 is 0 Å². The van der Waals surface area contributed by atoms with E-state index in [-0.39, 0.29) is 6.04 Å². The molecular weight excluding hydrogens is 270 g/mol. The van der Waals surface area contributed by atoms with Gasteiger partial charge in [0, 0.05) is 29.2 Å². The fourth-order valence-electron chi connectivity index (χ4n) is 1.95. The first-order valence-corrected chi connectivity index (χ1v) is 7.71. The Balaban J connectivity index is 1.93. The second-order valence-corrected chi connectivity index (χ2v) is 6.00. The Morgan fingerprint density at radius 3 is 2.70 bits per heavy atom. The number of rotatable bonds is 7. The molecule has 2 rings (SSSR count). The van der Waals surface area contributed by atoms with Crippen molar-refractivity contribution in [2.24, 2.45) is 5.84 Å². The van der Waals surface area contributed by atoms with Crippen molar-refractivity contribution in [1.29, 1.82) is 0 Å². The number of hydrogen-bond acceptors (Lipinski definition) is 5. The number of hydrazine groups is 1. The highest BCUT2D eigenvalue weighted by Crippen LogP contribution is 2.19. The molecule has 108 valence electrons. The van der Waals surface area contributed by atoms with Gasteiger partial charge in [-0.05, 0) is 26.0 Å². The Morgan fingerprint density at radius 2 is 2.05 bits per heavy atom. The lowest BCUT2D eigenvalue weighted by atomic mass is 10.2. The Labute approximate surface area is 123 Å². The third-order valence-electron chi connectivity index (χ3n) is 3.00. The van der Waals surface area contributed by atoms with Crippen LogP contribution >= 0.6 is 11.8 Å². The van der Waals surface area contributed by atoms with E-state index >= 15 is 0 Å². The standard InChI is InChI=1S/C14H21N5S/c1-11(2)19-14(16-10-17-19)8-12(18-15)9-20-13-6-4-3-5-7-13/h3-7,10-12,18H,8-9,15H2,1-2H3. The van der Waals surface area contributed by atoms with Gasteiger partial charge in [0.15, 0.2) is 0 Å². The fraction of sp³-hybridized carbons (Fsp3) is 0.429. The Hall–Kier alpha value is -1.37. The van der Waals surface area contributed by atoms with Crippen molar-refractivity contribution in [3.63, 3.8) is 0 Å². The first-order valence-electron chi connectivity index (χ1n) is 6.73. The van der Waals surface area contributed by atoms with Gasteiger partial charge in [0.25, 0.3) is 0 Å². The van der Waals surface area contributed by atoms with E-state index in [4.69, 9.17) is 5.84 Å². The molecule has 1 unspecified atom stereocenters. The maximum atomic E-state index is 5.66. The summed E-state index contributed by atoms with van der Waals surface area (Å²) in [6.45, 7) is 4.20. The first kappa shape index (κ1) is 15.0. The zero-order chi connectivity index (χ0) is 14.4. The van der Waals surface area contributed by atoms with Crippen molar-refractivity contribution in [1.82, 2.24) is 20.2 Å². The normalized spacial score (nSPS) is 12.8. The maximum absolute atomic E-state index is 5.66. The van der Waals surface area contributed by atoms with Gasteiger partial charge in [0.2, 0.25) is 0 Å². The number of hydrogen-bond donors (Lipinski definition) is 2. The van der Waals surface area contributed by atoms with E-state index in [1.165, 1.54) is 4.90 Å². The molecule has 3 N–H and O–H groups in total. The molecule has 5 nitrogen and oxygen atoms in total. The smallest absolute Gasteiger partial charge is 0.138 e. The second kappa shape index (κ2) is 7.42. The minimum absolute atomic E-state index is 0.168. The predicted molar refractivity (Wildman–Crippen MR) is 82.4 cm³/mol. The van der Waals surface area contributed by atoms with Crippen LogP contribution in [0.5, 0.6) is 0 Å². The van der Waals surface area contributed by atoms with Crippen LogP contribution in [0.3, 0.4) is 0 Å². The van der Waals surface area contributed by atoms with Crippen LogP contribution in [0.1, 0.15) is 25.7 Å². The van der Waals surface area contributed by atoms with Gasteiger partial charge in [-0.1, -0.05) is 18.2 Å². The van der Waals surface area contributed by atoms with Crippen LogP contribution in [0.2, 0.25) is 0 Å². The Bertz CT molecular complexity index is 511. The number of nitrogens with one attached hydrogen (secondary N) is 1. The summed E-state index contributed by atoms with van der Waals surface area (Å²) < 4.78 is 1.94. The van der Waals surface area contributed by atoms with E-state index in [0.717, 1.165) is 18.0 Å². The SMILES string of the molecule is CC(C)n1ncnc1CC(CSc1ccccc1)NN. The molecule has 0 spiro atoms. The van der Waals surface area contributed by atoms with Crippen molar-refractivity contribution >= 4 is 11.8 Å². The molecule has 0 aliphatic heterocycles. The molecule has 1 heterocycles. The fourth-order valence-corrected chi connectivity index (χ4v) is 2.91. The van der Waals surface area contributed by atoms with Crippen LogP contribution in [0, 0.1) is 0 Å². The molecule has 0 aliphatic carbocycles. The van der Waals surface area contributed by atoms with Crippen molar-refractivity contribution in [3.8, 4) is 0 Å². The van der Waals surface area contributed by atoms with Crippen LogP contribution < -0.4 is 11.3 Å². The summed E-state index contributed by atoms with van der Waals surface area (Å²) >= 11 is 1.79. The minimum atomic E-state index is 0.168. The summed E-state index contributed by atoms with van der Waals surface area (Å²) in [6, 6.07) is 10.8. The second-order valence-electron chi connectivity index (χ2n) is 4.91. The van der Waals surface area contributed by atoms with Crippen LogP contribution in [0.15, 0.2) is 41.6 Å². The summed E-state index contributed by atoms with van der Waals surface area (Å²) in [5.41, 5.74) is 2.87. The molecule has 1 aromatic heterocycles. The van der Waals surface area contributed by atoms with Crippen LogP contribution in [-0.2, 0) is 6.42 Å². The summed E-state index contributed by atoms with van der Waals surface area (Å²) in [5.74, 6) is 7.52. The van der Waals surface area contributed by atoms with Gasteiger partial charge in [-0.2, -0.15) is 5.10 Å². The zero-order valence-corrected chi connectivity index (χ0v) is 12.7. The summed E-state index contributed by atoms with van der Waals surface area (Å²) in [4.78, 5) is 5.58. The van der Waals surface area contributed by atoms with E-state index in [9.17, 15) is 0 Å². The van der Waals surface area contributed by atoms with Crippen molar-refractivity contribution in [2.75, 3.05) is 5.75 Å². The molecule has 0 fully saturated rings. The van der Waals surface area contributed by atoms with Crippen LogP contribution in [0.4, 0.5) is 0 Å². The molecule has 6 heteroatoms. The van der Waals surface area contributed by atoms with Gasteiger partial charge < -0.3 is 0 Å². The molecule has 0 bridgehead atoms. The summed E-state index contributed by atoms with van der Waals surface area (Å²) in [5, 5.41) is 4.25. The average molecular weight is 291 g/mol. The molecular formula is C14H21N5S. The number of nitrogens with zero attached hydrogens (tertiary/aromatic N) is 3. The maximum Gasteiger partial charge on any atom is 0.138 e. The van der Waals surface area contributed by atoms with E-state index in [1.54, 1.807) is 18.1 Å². The van der Waals surface area contributed by atoms with Gasteiger partial charge in [0.05, 0.1) is 0 Å². The van der Waals surface area contributed by atoms with Crippen LogP contribution in [-0.4, -0.2) is 26.6 Å². The van der Waals surface area contributed by atoms with Gasteiger partial charge in [0.1, 0.15) is 12.2 Å². The molecule has 1 aromatic carbocycles. The van der Waals surface area contributed by atoms with Gasteiger partial charge in [-0.3, -0.25) is 11.3 Å². The average Bonchev–Trinajstić information content (AvgIpc) is 2.93. The summed E-state index contributed by atoms with van der Waals surface area (Å²) in [7, 11) is 0. The lowest BCUT2D eigenvalue weighted by Crippen LogP contribution is -2.39. The molecule has 0 radical (unpaired) electrons. The van der Waals surface area contributed by atoms with Gasteiger partial charge >= 0.3 is 0 Å². The highest BCUT2D eigenvalue weighted by molar-refractivity contribution is 7.99. The lowest BCUT2D eigenvalue weighted by Gasteiger charge is -2.16. The van der Waals surface area contributed by atoms with E-state index < -0.39 is 0 Å². The molecule has 0 amide bonds. The lowest BCUT2D eigenvalue weighted by molar-refractivity contribution is 0.477. The molecule has 2 aromatic rings. The Morgan fingerprint density at radius 1 is 1.30 bits per heavy atom. The first-order chi connectivity index (χ1) is 9.70. The number of thioether (sulfide) groups is 1. The monoisotopic (exact) mass is 291 g/mol. The quantitative estimate of drug-likeness (QED) is 0.464. The highest BCUT2D eigenvalue weighted by atomic mass is 32.2. The minimum Gasteiger partial charge on any atom is -0.271 e. The highest BCUT2D eigenvalue weighted by Gasteiger charge is 2.14. The zero-order valence-electron chi connectivity index (χ0n) is 11.9. The van der Waals surface area contributed by atoms with E-state index in [1.807, 2.05) is 22.9 Å². The third kappa shape index (κ3) is 4.06. The predicted octanol–water partition coefficient (Wildman–Crippen LogP) is 2.03. The third-order valence-corrected chi connectivity index (χ3v) is 4.17. The molecule has 0 saturated heterocycles. The van der Waals surface area contributed by atoms with Crippen molar-refractivity contribution in [3.05, 3.63) is 42.5 Å². The number of benzene rings is 1. The molecule has 20 heavy (non-hydrogen) atoms. The number of nitrogens with two attached hydrogens (primary N) is 1. The van der Waals surface area contributed by atoms with E-state index in [2.05, 4.69) is 41.5 Å². The van der Waals surface area contributed by atoms with E-state index in [0.29, 0.717) is 6.04 Å². The van der Waals surface area contributed by atoms with Gasteiger partial charge in [-0.15, -0.1) is 11.8 Å². The number of aromatic nitrogens is 3. The topological polar surface area (TPSA) is 68.8 Å². The van der Waals surface area contributed by atoms with Crippen LogP contribution in [0.25, 0.3) is 0 Å².